The third kappa shape index (κ3) is 3.23. The third-order valence-electron chi connectivity index (χ3n) is 3.22. The monoisotopic (exact) mass is 262 g/mol. The standard InChI is InChI=1S/C13H18N4O2/c1-16-6-7-17(13(16)19)9-11-4-2-10(3-5-11)8-12(18)15-14/h2-5H,6-9,14H2,1H3,(H,15,18). The Bertz CT molecular complexity index is 472. The number of hydrogen-bond acceptors (Lipinski definition) is 3. The molecule has 0 atom stereocenters. The van der Waals surface area contributed by atoms with Crippen LogP contribution in [0.4, 0.5) is 4.79 Å². The normalized spacial score (nSPS) is 14.9. The molecule has 1 aromatic rings. The molecule has 19 heavy (non-hydrogen) atoms. The second-order valence-electron chi connectivity index (χ2n) is 4.69. The fourth-order valence-electron chi connectivity index (χ4n) is 2.07. The number of hydrazine groups is 1. The lowest BCUT2D eigenvalue weighted by Crippen LogP contribution is -2.31. The van der Waals surface area contributed by atoms with Gasteiger partial charge in [0.2, 0.25) is 5.91 Å². The fraction of sp³-hybridized carbons (Fsp3) is 0.385. The summed E-state index contributed by atoms with van der Waals surface area (Å²) in [5.74, 6) is 4.82. The van der Waals surface area contributed by atoms with Gasteiger partial charge in [0.25, 0.3) is 0 Å². The average molecular weight is 262 g/mol. The zero-order valence-corrected chi connectivity index (χ0v) is 10.9. The zero-order chi connectivity index (χ0) is 13.8. The number of nitrogens with two attached hydrogens (primary N) is 1. The summed E-state index contributed by atoms with van der Waals surface area (Å²) in [5.41, 5.74) is 4.06. The van der Waals surface area contributed by atoms with E-state index in [-0.39, 0.29) is 18.4 Å². The topological polar surface area (TPSA) is 78.7 Å². The van der Waals surface area contributed by atoms with E-state index in [0.29, 0.717) is 6.54 Å². The summed E-state index contributed by atoms with van der Waals surface area (Å²) >= 11 is 0. The Morgan fingerprint density at radius 2 is 1.89 bits per heavy atom. The highest BCUT2D eigenvalue weighted by Gasteiger charge is 2.24. The molecule has 0 saturated carbocycles. The Morgan fingerprint density at radius 1 is 1.26 bits per heavy atom. The summed E-state index contributed by atoms with van der Waals surface area (Å²) in [5, 5.41) is 0. The van der Waals surface area contributed by atoms with Crippen LogP contribution >= 0.6 is 0 Å². The van der Waals surface area contributed by atoms with E-state index in [2.05, 4.69) is 5.43 Å². The van der Waals surface area contributed by atoms with Crippen molar-refractivity contribution in [2.24, 2.45) is 5.84 Å². The van der Waals surface area contributed by atoms with Crippen molar-refractivity contribution in [2.75, 3.05) is 20.1 Å². The van der Waals surface area contributed by atoms with Gasteiger partial charge >= 0.3 is 6.03 Å². The van der Waals surface area contributed by atoms with Gasteiger partial charge < -0.3 is 9.80 Å². The van der Waals surface area contributed by atoms with Crippen molar-refractivity contribution in [3.8, 4) is 0 Å². The first-order valence-corrected chi connectivity index (χ1v) is 6.17. The molecule has 1 aromatic carbocycles. The average Bonchev–Trinajstić information content (AvgIpc) is 2.73. The van der Waals surface area contributed by atoms with Crippen LogP contribution in [0.2, 0.25) is 0 Å². The second kappa shape index (κ2) is 5.71. The van der Waals surface area contributed by atoms with E-state index in [0.717, 1.165) is 24.2 Å². The molecule has 0 aliphatic carbocycles. The van der Waals surface area contributed by atoms with Crippen LogP contribution in [0.15, 0.2) is 24.3 Å². The van der Waals surface area contributed by atoms with Crippen molar-refractivity contribution in [1.29, 1.82) is 0 Å². The molecule has 6 nitrogen and oxygen atoms in total. The fourth-order valence-corrected chi connectivity index (χ4v) is 2.07. The summed E-state index contributed by atoms with van der Waals surface area (Å²) in [6, 6.07) is 7.70. The van der Waals surface area contributed by atoms with Gasteiger partial charge in [0, 0.05) is 26.7 Å². The predicted octanol–water partition coefficient (Wildman–Crippen LogP) is 0.0864. The van der Waals surface area contributed by atoms with Crippen molar-refractivity contribution >= 4 is 11.9 Å². The van der Waals surface area contributed by atoms with Crippen LogP contribution in [0.25, 0.3) is 0 Å². The molecule has 0 unspecified atom stereocenters. The smallest absolute Gasteiger partial charge is 0.320 e. The Labute approximate surface area is 112 Å². The van der Waals surface area contributed by atoms with Gasteiger partial charge in [0.05, 0.1) is 6.42 Å². The number of nitrogens with one attached hydrogen (secondary N) is 1. The first kappa shape index (κ1) is 13.4. The van der Waals surface area contributed by atoms with Crippen LogP contribution in [0.1, 0.15) is 11.1 Å². The van der Waals surface area contributed by atoms with Crippen LogP contribution in [0, 0.1) is 0 Å². The van der Waals surface area contributed by atoms with Gasteiger partial charge in [-0.3, -0.25) is 10.2 Å². The van der Waals surface area contributed by atoms with Crippen LogP contribution in [-0.4, -0.2) is 41.9 Å². The number of amides is 3. The van der Waals surface area contributed by atoms with Gasteiger partial charge in [-0.1, -0.05) is 24.3 Å². The van der Waals surface area contributed by atoms with E-state index in [4.69, 9.17) is 5.84 Å². The van der Waals surface area contributed by atoms with E-state index in [1.807, 2.05) is 29.2 Å². The Balaban J connectivity index is 1.95. The molecule has 0 radical (unpaired) electrons. The van der Waals surface area contributed by atoms with Crippen LogP contribution in [0.5, 0.6) is 0 Å². The third-order valence-corrected chi connectivity index (χ3v) is 3.22. The SMILES string of the molecule is CN1CCN(Cc2ccc(CC(=O)NN)cc2)C1=O. The van der Waals surface area contributed by atoms with Crippen molar-refractivity contribution in [2.45, 2.75) is 13.0 Å². The number of nitrogens with zero attached hydrogens (tertiary/aromatic N) is 2. The summed E-state index contributed by atoms with van der Waals surface area (Å²) in [6.45, 7) is 2.13. The molecule has 1 fully saturated rings. The largest absolute Gasteiger partial charge is 0.326 e. The lowest BCUT2D eigenvalue weighted by molar-refractivity contribution is -0.120. The van der Waals surface area contributed by atoms with Crippen molar-refractivity contribution in [3.05, 3.63) is 35.4 Å². The minimum absolute atomic E-state index is 0.0617. The van der Waals surface area contributed by atoms with Crippen LogP contribution in [0.3, 0.4) is 0 Å². The summed E-state index contributed by atoms with van der Waals surface area (Å²) in [7, 11) is 1.80. The molecule has 6 heteroatoms. The minimum atomic E-state index is -0.218. The van der Waals surface area contributed by atoms with Gasteiger partial charge in [-0.15, -0.1) is 0 Å². The zero-order valence-electron chi connectivity index (χ0n) is 10.9. The molecule has 0 bridgehead atoms. The number of carbonyl (C=O) groups excluding carboxylic acids is 2. The molecule has 3 N–H and O–H groups in total. The molecule has 3 amide bonds. The molecule has 2 rings (SSSR count). The van der Waals surface area contributed by atoms with Crippen molar-refractivity contribution < 1.29 is 9.59 Å². The first-order valence-electron chi connectivity index (χ1n) is 6.17. The van der Waals surface area contributed by atoms with E-state index >= 15 is 0 Å². The Hall–Kier alpha value is -2.08. The Morgan fingerprint density at radius 3 is 2.42 bits per heavy atom. The predicted molar refractivity (Wildman–Crippen MR) is 70.9 cm³/mol. The highest BCUT2D eigenvalue weighted by molar-refractivity contribution is 5.78. The second-order valence-corrected chi connectivity index (χ2v) is 4.69. The van der Waals surface area contributed by atoms with E-state index in [1.165, 1.54) is 0 Å². The number of rotatable bonds is 4. The van der Waals surface area contributed by atoms with Crippen LogP contribution in [-0.2, 0) is 17.8 Å². The maximum Gasteiger partial charge on any atom is 0.320 e. The molecule has 1 aliphatic rings. The quantitative estimate of drug-likeness (QED) is 0.458. The number of hydrogen-bond donors (Lipinski definition) is 2. The molecule has 1 saturated heterocycles. The number of benzene rings is 1. The summed E-state index contributed by atoms with van der Waals surface area (Å²) in [4.78, 5) is 26.4. The van der Waals surface area contributed by atoms with Crippen molar-refractivity contribution in [1.82, 2.24) is 15.2 Å². The highest BCUT2D eigenvalue weighted by Crippen LogP contribution is 2.13. The van der Waals surface area contributed by atoms with E-state index in [1.54, 1.807) is 11.9 Å². The molecule has 102 valence electrons. The van der Waals surface area contributed by atoms with Gasteiger partial charge in [0.15, 0.2) is 0 Å². The number of likely N-dealkylation sites (N-methyl/N-ethyl adjacent to an activating group) is 1. The van der Waals surface area contributed by atoms with Gasteiger partial charge in [-0.25, -0.2) is 10.6 Å². The van der Waals surface area contributed by atoms with Crippen molar-refractivity contribution in [3.63, 3.8) is 0 Å². The highest BCUT2D eigenvalue weighted by atomic mass is 16.2. The van der Waals surface area contributed by atoms with Gasteiger partial charge in [-0.2, -0.15) is 0 Å². The van der Waals surface area contributed by atoms with Gasteiger partial charge in [-0.05, 0) is 11.1 Å². The molecule has 1 aliphatic heterocycles. The minimum Gasteiger partial charge on any atom is -0.326 e. The van der Waals surface area contributed by atoms with E-state index in [9.17, 15) is 9.59 Å². The number of carbonyl (C=O) groups is 2. The summed E-state index contributed by atoms with van der Waals surface area (Å²) in [6.07, 6.45) is 0.266. The van der Waals surface area contributed by atoms with Crippen LogP contribution < -0.4 is 11.3 Å². The summed E-state index contributed by atoms with van der Waals surface area (Å²) < 4.78 is 0. The molecule has 1 heterocycles. The maximum absolute atomic E-state index is 11.7. The molecule has 0 spiro atoms. The molecular formula is C13H18N4O2. The number of urea groups is 1. The van der Waals surface area contributed by atoms with Gasteiger partial charge in [0.1, 0.15) is 0 Å². The van der Waals surface area contributed by atoms with E-state index < -0.39 is 0 Å². The lowest BCUT2D eigenvalue weighted by Gasteiger charge is -2.16. The molecule has 0 aromatic heterocycles. The lowest BCUT2D eigenvalue weighted by atomic mass is 10.1. The maximum atomic E-state index is 11.7. The molecular weight excluding hydrogens is 244 g/mol. The first-order chi connectivity index (χ1) is 9.10. The Kier molecular flexibility index (Phi) is 4.01.